The van der Waals surface area contributed by atoms with Crippen molar-refractivity contribution in [3.63, 3.8) is 0 Å². The van der Waals surface area contributed by atoms with Gasteiger partial charge in [-0.25, -0.2) is 19.0 Å². The highest BCUT2D eigenvalue weighted by molar-refractivity contribution is 7.71. The second-order valence-corrected chi connectivity index (χ2v) is 25.8. The minimum Gasteiger partial charge on any atom is -0.496 e. The van der Waals surface area contributed by atoms with Gasteiger partial charge < -0.3 is 28.7 Å². The van der Waals surface area contributed by atoms with Crippen molar-refractivity contribution < 1.29 is 23.7 Å². The number of aryl methyl sites for hydroxylation is 8. The van der Waals surface area contributed by atoms with Crippen LogP contribution in [0.4, 0.5) is 0 Å². The van der Waals surface area contributed by atoms with Crippen LogP contribution in [0.2, 0.25) is 0 Å². The van der Waals surface area contributed by atoms with Crippen LogP contribution >= 0.6 is 48.9 Å². The number of rotatable bonds is 21. The van der Waals surface area contributed by atoms with Gasteiger partial charge in [0.25, 0.3) is 0 Å². The number of fused-ring (bicyclic) bond motifs is 1. The van der Waals surface area contributed by atoms with Gasteiger partial charge in [0.05, 0.1) is 100 Å². The van der Waals surface area contributed by atoms with Gasteiger partial charge in [0.15, 0.2) is 34.0 Å². The molecule has 14 rings (SSSR count). The number of ether oxygens (including phenoxy) is 5. The Kier molecular flexibility index (Phi) is 25.2. The van der Waals surface area contributed by atoms with E-state index in [1.54, 1.807) is 37.8 Å². The second kappa shape index (κ2) is 35.5. The molecule has 0 bridgehead atoms. The summed E-state index contributed by atoms with van der Waals surface area (Å²) in [5.74, 6) is 7.00. The summed E-state index contributed by atoms with van der Waals surface area (Å²) >= 11 is 22.6. The van der Waals surface area contributed by atoms with Crippen LogP contribution in [0.15, 0.2) is 218 Å². The monoisotopic (exact) mass is 1480 g/mol. The fourth-order valence-electron chi connectivity index (χ4n) is 11.6. The van der Waals surface area contributed by atoms with Crippen LogP contribution in [0, 0.1) is 63.5 Å². The zero-order valence-corrected chi connectivity index (χ0v) is 63.5. The SMILES string of the molecule is CCOC(=N)CCn1nc(-c2ccccc2OC)n(-c2ccc(C)cc2)c1=S.COc1ccccc1-c1n[nH]c(=S)n1-c1ccc(C)cc1.COc1ccccc1-c1nn(CCC#N)c(=S)n1-c1ccc(C)cc1.COc1ccccc1-c1nn(CCc2nc3ccccc3[nH]2)c(=S)n1-c1ccc(C)cc1. The van der Waals surface area contributed by atoms with E-state index in [4.69, 9.17) is 93.4 Å². The Morgan fingerprint density at radius 3 is 1.17 bits per heavy atom. The van der Waals surface area contributed by atoms with E-state index < -0.39 is 0 Å². The van der Waals surface area contributed by atoms with Gasteiger partial charge in [-0.1, -0.05) is 131 Å². The number of aromatic nitrogens is 14. The molecular weight excluding hydrogens is 1410 g/mol. The predicted octanol–water partition coefficient (Wildman–Crippen LogP) is 18.5. The van der Waals surface area contributed by atoms with Crippen molar-refractivity contribution in [1.82, 2.24) is 67.8 Å². The van der Waals surface area contributed by atoms with Crippen molar-refractivity contribution in [2.24, 2.45) is 0 Å². The number of benzene rings is 9. The number of aromatic amines is 2. The molecule has 0 spiro atoms. The molecule has 538 valence electrons. The van der Waals surface area contributed by atoms with E-state index >= 15 is 0 Å². The summed E-state index contributed by atoms with van der Waals surface area (Å²) in [4.78, 5) is 8.06. The molecule has 0 saturated heterocycles. The lowest BCUT2D eigenvalue weighted by molar-refractivity contribution is 0.310. The van der Waals surface area contributed by atoms with Gasteiger partial charge in [0, 0.05) is 35.6 Å². The molecule has 0 saturated carbocycles. The van der Waals surface area contributed by atoms with E-state index in [9.17, 15) is 0 Å². The molecule has 106 heavy (non-hydrogen) atoms. The molecule has 0 amide bonds. The van der Waals surface area contributed by atoms with E-state index in [1.165, 1.54) is 22.3 Å². The number of hydrogen-bond acceptors (Lipinski definition) is 16. The smallest absolute Gasteiger partial charge is 0.202 e. The third kappa shape index (κ3) is 17.5. The Morgan fingerprint density at radius 2 is 0.792 bits per heavy atom. The third-order valence-electron chi connectivity index (χ3n) is 17.1. The Hall–Kier alpha value is -12.0. The molecule has 14 aromatic rings. The van der Waals surface area contributed by atoms with Crippen LogP contribution in [-0.4, -0.2) is 109 Å². The van der Waals surface area contributed by atoms with E-state index in [1.807, 2.05) is 226 Å². The largest absolute Gasteiger partial charge is 0.496 e. The molecule has 5 aromatic heterocycles. The second-order valence-electron chi connectivity index (χ2n) is 24.3. The standard InChI is InChI=1S/C25H23N5OS.C21H24N4O2S.C19H18N4OS.C16H15N3OS/c1-17-11-13-18(14-12-17)30-24(19-7-3-6-10-22(19)31-2)28-29(25(30)32)16-15-23-26-20-8-4-5-9-21(20)27-23;1-4-27-19(22)13-14-24-21(28)25(16-11-9-15(2)10-12-16)20(23-24)17-7-5-6-8-18(17)26-3;1-14-8-10-15(11-9-14)23-18(16-6-3-4-7-17(16)24-2)21-22(19(23)25)13-5-12-20;1-11-7-9-12(10-8-11)19-15(17-18-16(19)21)13-5-3-4-6-14(13)20-2/h3-14H,15-16H2,1-2H3,(H,26,27);5-12,22H,4,13-14H2,1-3H3;3-4,6-11H,5,13H2,1-2H3;3-10H,1-2H3,(H,18,21). The highest BCUT2D eigenvalue weighted by Gasteiger charge is 2.22. The summed E-state index contributed by atoms with van der Waals surface area (Å²) < 4.78 is 42.7. The molecule has 0 aliphatic heterocycles. The number of H-pyrrole nitrogens is 2. The number of nitrogens with one attached hydrogen (secondary N) is 3. The molecule has 0 unspecified atom stereocenters. The fraction of sp³-hybridized carbons (Fsp3) is 0.198. The maximum Gasteiger partial charge on any atom is 0.202 e. The van der Waals surface area contributed by atoms with Crippen LogP contribution in [0.3, 0.4) is 0 Å². The van der Waals surface area contributed by atoms with E-state index in [-0.39, 0.29) is 5.90 Å². The lowest BCUT2D eigenvalue weighted by Crippen LogP contribution is -2.09. The molecule has 9 aromatic carbocycles. The zero-order valence-electron chi connectivity index (χ0n) is 60.2. The number of para-hydroxylation sites is 6. The van der Waals surface area contributed by atoms with Crippen molar-refractivity contribution in [1.29, 1.82) is 10.7 Å². The zero-order chi connectivity index (χ0) is 74.8. The number of nitrogens with zero attached hydrogens (tertiary/aromatic N) is 13. The number of hydrogen-bond donors (Lipinski definition) is 3. The van der Waals surface area contributed by atoms with Gasteiger partial charge in [-0.05, 0) is 193 Å². The number of methoxy groups -OCH3 is 4. The van der Waals surface area contributed by atoms with Crippen molar-refractivity contribution in [2.45, 2.75) is 73.5 Å². The molecule has 0 aliphatic rings. The first kappa shape index (κ1) is 75.2. The summed E-state index contributed by atoms with van der Waals surface area (Å²) in [6.07, 6.45) is 1.47. The molecule has 0 atom stereocenters. The maximum absolute atomic E-state index is 8.89. The molecule has 5 heterocycles. The summed E-state index contributed by atoms with van der Waals surface area (Å²) in [7, 11) is 6.60. The topological polar surface area (TPSA) is 224 Å². The highest BCUT2D eigenvalue weighted by atomic mass is 32.1. The van der Waals surface area contributed by atoms with Crippen molar-refractivity contribution in [2.75, 3.05) is 35.0 Å². The quantitative estimate of drug-likeness (QED) is 0.0346. The van der Waals surface area contributed by atoms with Crippen molar-refractivity contribution in [3.05, 3.63) is 266 Å². The third-order valence-corrected chi connectivity index (χ3v) is 18.5. The minimum atomic E-state index is 0.230. The fourth-order valence-corrected chi connectivity index (χ4v) is 12.8. The minimum absolute atomic E-state index is 0.230. The van der Waals surface area contributed by atoms with Crippen LogP contribution in [-0.2, 0) is 30.8 Å². The van der Waals surface area contributed by atoms with E-state index in [0.29, 0.717) is 76.2 Å². The molecule has 0 radical (unpaired) electrons. The Balaban J connectivity index is 0.000000143. The summed E-state index contributed by atoms with van der Waals surface area (Å²) in [6.45, 7) is 12.1. The van der Waals surface area contributed by atoms with Crippen LogP contribution in [0.1, 0.15) is 47.8 Å². The molecule has 0 fully saturated rings. The summed E-state index contributed by atoms with van der Waals surface area (Å²) in [5.41, 5.74) is 14.0. The molecular formula is C81H80N16O5S4. The normalized spacial score (nSPS) is 10.8. The van der Waals surface area contributed by atoms with Gasteiger partial charge in [-0.2, -0.15) is 25.7 Å². The first-order valence-electron chi connectivity index (χ1n) is 34.1. The van der Waals surface area contributed by atoms with Gasteiger partial charge in [0.1, 0.15) is 28.8 Å². The predicted molar refractivity (Wildman–Crippen MR) is 427 cm³/mol. The first-order chi connectivity index (χ1) is 51.5. The Morgan fingerprint density at radius 1 is 0.443 bits per heavy atom. The maximum atomic E-state index is 8.89. The van der Waals surface area contributed by atoms with E-state index in [0.717, 1.165) is 96.5 Å². The van der Waals surface area contributed by atoms with E-state index in [2.05, 4.69) is 81.6 Å². The lowest BCUT2D eigenvalue weighted by atomic mass is 10.1. The van der Waals surface area contributed by atoms with Crippen LogP contribution in [0.5, 0.6) is 23.0 Å². The van der Waals surface area contributed by atoms with Crippen LogP contribution in [0.25, 0.3) is 79.3 Å². The van der Waals surface area contributed by atoms with Crippen LogP contribution < -0.4 is 18.9 Å². The van der Waals surface area contributed by atoms with Gasteiger partial charge in [-0.15, -0.1) is 0 Å². The molecule has 3 N–H and O–H groups in total. The van der Waals surface area contributed by atoms with Crippen molar-refractivity contribution >= 4 is 65.8 Å². The summed E-state index contributed by atoms with van der Waals surface area (Å²) in [5, 5.41) is 38.3. The highest BCUT2D eigenvalue weighted by Crippen LogP contribution is 2.35. The number of nitriles is 1. The first-order valence-corrected chi connectivity index (χ1v) is 35.8. The molecule has 25 heteroatoms. The van der Waals surface area contributed by atoms with Gasteiger partial charge in [0.2, 0.25) is 14.3 Å². The molecule has 0 aliphatic carbocycles. The number of imidazole rings is 1. The summed E-state index contributed by atoms with van der Waals surface area (Å²) in [6, 6.07) is 73.9. The molecule has 21 nitrogen and oxygen atoms in total. The van der Waals surface area contributed by atoms with Crippen molar-refractivity contribution in [3.8, 4) is 97.4 Å². The lowest BCUT2D eigenvalue weighted by Gasteiger charge is -2.10. The average Bonchev–Trinajstić information content (AvgIpc) is 1.64. The van der Waals surface area contributed by atoms with Gasteiger partial charge in [-0.3, -0.25) is 28.8 Å². The average molecular weight is 1490 g/mol. The Labute approximate surface area is 635 Å². The van der Waals surface area contributed by atoms with Gasteiger partial charge >= 0.3 is 0 Å². The Bertz CT molecular complexity index is 5610.